The van der Waals surface area contributed by atoms with Crippen LogP contribution in [0.25, 0.3) is 16.7 Å². The summed E-state index contributed by atoms with van der Waals surface area (Å²) in [5, 5.41) is 13.4. The van der Waals surface area contributed by atoms with Crippen molar-refractivity contribution in [1.82, 2.24) is 9.38 Å². The summed E-state index contributed by atoms with van der Waals surface area (Å²) in [5.41, 5.74) is 6.12. The van der Waals surface area contributed by atoms with E-state index in [2.05, 4.69) is 28.8 Å². The summed E-state index contributed by atoms with van der Waals surface area (Å²) in [6.07, 6.45) is 6.78. The summed E-state index contributed by atoms with van der Waals surface area (Å²) in [5.74, 6) is 1.15. The third-order valence-corrected chi connectivity index (χ3v) is 5.00. The van der Waals surface area contributed by atoms with Crippen molar-refractivity contribution in [2.45, 2.75) is 45.4 Å². The van der Waals surface area contributed by atoms with Crippen LogP contribution in [0.5, 0.6) is 0 Å². The third-order valence-electron chi connectivity index (χ3n) is 5.00. The minimum absolute atomic E-state index is 0.762. The fraction of sp³-hybridized carbons (Fsp3) is 0.400. The van der Waals surface area contributed by atoms with Gasteiger partial charge in [-0.1, -0.05) is 31.9 Å². The number of aromatic nitrogens is 2. The van der Waals surface area contributed by atoms with Gasteiger partial charge in [-0.25, -0.2) is 4.98 Å². The summed E-state index contributed by atoms with van der Waals surface area (Å²) in [6, 6.07) is 10.6. The first-order chi connectivity index (χ1) is 11.8. The van der Waals surface area contributed by atoms with E-state index in [1.165, 1.54) is 30.4 Å². The Hall–Kier alpha value is -2.54. The first-order valence-electron chi connectivity index (χ1n) is 8.94. The molecule has 4 rings (SSSR count). The number of benzene rings is 1. The zero-order valence-electron chi connectivity index (χ0n) is 14.1. The summed E-state index contributed by atoms with van der Waals surface area (Å²) in [7, 11) is 0. The Morgan fingerprint density at radius 3 is 2.88 bits per heavy atom. The van der Waals surface area contributed by atoms with E-state index in [9.17, 15) is 5.26 Å². The molecule has 0 unspecified atom stereocenters. The average molecular weight is 318 g/mol. The Morgan fingerprint density at radius 2 is 2.04 bits per heavy atom. The smallest absolute Gasteiger partial charge is 0.157 e. The summed E-state index contributed by atoms with van der Waals surface area (Å²) < 4.78 is 2.17. The van der Waals surface area contributed by atoms with Crippen LogP contribution in [-0.2, 0) is 12.8 Å². The van der Waals surface area contributed by atoms with E-state index in [1.807, 2.05) is 18.2 Å². The molecule has 0 bridgehead atoms. The molecule has 0 amide bonds. The van der Waals surface area contributed by atoms with E-state index >= 15 is 0 Å². The topological polar surface area (TPSA) is 53.1 Å². The lowest BCUT2D eigenvalue weighted by atomic mass is 10.1. The molecular formula is C20H22N4. The van der Waals surface area contributed by atoms with Gasteiger partial charge in [0.05, 0.1) is 16.6 Å². The molecule has 0 atom stereocenters. The van der Waals surface area contributed by atoms with Gasteiger partial charge in [0.2, 0.25) is 0 Å². The van der Waals surface area contributed by atoms with Gasteiger partial charge in [0.25, 0.3) is 0 Å². The maximum Gasteiger partial charge on any atom is 0.157 e. The molecule has 4 heteroatoms. The number of imidazole rings is 1. The molecule has 1 aliphatic carbocycles. The maximum atomic E-state index is 9.74. The first-order valence-corrected chi connectivity index (χ1v) is 8.94. The zero-order chi connectivity index (χ0) is 16.5. The van der Waals surface area contributed by atoms with Crippen molar-refractivity contribution < 1.29 is 0 Å². The summed E-state index contributed by atoms with van der Waals surface area (Å²) in [4.78, 5) is 4.77. The Kier molecular flexibility index (Phi) is 3.86. The van der Waals surface area contributed by atoms with E-state index in [0.29, 0.717) is 0 Å². The third kappa shape index (κ3) is 2.24. The largest absolute Gasteiger partial charge is 0.371 e. The number of pyridine rings is 1. The molecule has 0 radical (unpaired) electrons. The molecule has 1 aromatic carbocycles. The predicted molar refractivity (Wildman–Crippen MR) is 97.5 cm³/mol. The van der Waals surface area contributed by atoms with Crippen molar-refractivity contribution in [3.63, 3.8) is 0 Å². The molecule has 0 saturated heterocycles. The molecule has 1 aliphatic rings. The zero-order valence-corrected chi connectivity index (χ0v) is 14.1. The number of nitriles is 1. The lowest BCUT2D eigenvalue weighted by molar-refractivity contribution is 0.741. The number of hydrogen-bond acceptors (Lipinski definition) is 3. The van der Waals surface area contributed by atoms with Crippen LogP contribution in [0.4, 0.5) is 5.82 Å². The van der Waals surface area contributed by atoms with Gasteiger partial charge in [-0.05, 0) is 48.9 Å². The molecule has 1 N–H and O–H groups in total. The fourth-order valence-corrected chi connectivity index (χ4v) is 3.86. The molecule has 0 fully saturated rings. The number of hydrogen-bond donors (Lipinski definition) is 1. The van der Waals surface area contributed by atoms with Crippen LogP contribution < -0.4 is 5.32 Å². The van der Waals surface area contributed by atoms with E-state index in [1.54, 1.807) is 0 Å². The Morgan fingerprint density at radius 1 is 1.21 bits per heavy atom. The Balaban J connectivity index is 1.96. The molecule has 0 saturated carbocycles. The van der Waals surface area contributed by atoms with Gasteiger partial charge in [0.1, 0.15) is 11.9 Å². The molecule has 122 valence electrons. The maximum absolute atomic E-state index is 9.74. The molecule has 4 nitrogen and oxygen atoms in total. The SMILES string of the molecule is CCCCCNc1c2c(c(C#N)c3nc4ccccc4n13)CCC2. The minimum Gasteiger partial charge on any atom is -0.371 e. The number of fused-ring (bicyclic) bond motifs is 4. The average Bonchev–Trinajstić information content (AvgIpc) is 3.22. The van der Waals surface area contributed by atoms with Gasteiger partial charge in [-0.2, -0.15) is 5.26 Å². The van der Waals surface area contributed by atoms with Crippen LogP contribution >= 0.6 is 0 Å². The van der Waals surface area contributed by atoms with Crippen molar-refractivity contribution in [2.24, 2.45) is 0 Å². The molecule has 0 spiro atoms. The van der Waals surface area contributed by atoms with Crippen molar-refractivity contribution in [3.05, 3.63) is 41.0 Å². The lowest BCUT2D eigenvalue weighted by Gasteiger charge is -2.16. The highest BCUT2D eigenvalue weighted by atomic mass is 15.1. The Bertz CT molecular complexity index is 946. The number of unbranched alkanes of at least 4 members (excludes halogenated alkanes) is 2. The predicted octanol–water partition coefficient (Wildman–Crippen LogP) is 4.45. The minimum atomic E-state index is 0.762. The highest BCUT2D eigenvalue weighted by Crippen LogP contribution is 2.36. The summed E-state index contributed by atoms with van der Waals surface area (Å²) >= 11 is 0. The van der Waals surface area contributed by atoms with Crippen LogP contribution in [-0.4, -0.2) is 15.9 Å². The van der Waals surface area contributed by atoms with Gasteiger partial charge in [0, 0.05) is 6.54 Å². The molecule has 2 heterocycles. The number of nitrogens with one attached hydrogen (secondary N) is 1. The quantitative estimate of drug-likeness (QED) is 0.707. The second kappa shape index (κ2) is 6.16. The van der Waals surface area contributed by atoms with E-state index < -0.39 is 0 Å². The van der Waals surface area contributed by atoms with E-state index in [4.69, 9.17) is 4.98 Å². The number of para-hydroxylation sites is 2. The Labute approximate surface area is 142 Å². The van der Waals surface area contributed by atoms with Gasteiger partial charge in [0.15, 0.2) is 5.65 Å². The second-order valence-electron chi connectivity index (χ2n) is 6.54. The van der Waals surface area contributed by atoms with Crippen LogP contribution in [0.2, 0.25) is 0 Å². The van der Waals surface area contributed by atoms with Crippen LogP contribution in [0, 0.1) is 11.3 Å². The highest BCUT2D eigenvalue weighted by Gasteiger charge is 2.25. The van der Waals surface area contributed by atoms with Gasteiger partial charge in [-0.3, -0.25) is 4.40 Å². The molecule has 2 aromatic heterocycles. The molecule has 0 aliphatic heterocycles. The van der Waals surface area contributed by atoms with E-state index in [0.717, 1.165) is 53.9 Å². The van der Waals surface area contributed by atoms with Crippen LogP contribution in [0.3, 0.4) is 0 Å². The number of nitrogens with zero attached hydrogens (tertiary/aromatic N) is 3. The monoisotopic (exact) mass is 318 g/mol. The standard InChI is InChI=1S/C20H22N4/c1-2-3-6-12-22-19-15-9-7-8-14(15)16(13-21)20-23-17-10-4-5-11-18(17)24(19)20/h4-5,10-11,22H,2-3,6-9,12H2,1H3. The molecule has 3 aromatic rings. The van der Waals surface area contributed by atoms with Crippen LogP contribution in [0.15, 0.2) is 24.3 Å². The second-order valence-corrected chi connectivity index (χ2v) is 6.54. The fourth-order valence-electron chi connectivity index (χ4n) is 3.86. The first kappa shape index (κ1) is 15.0. The molecular weight excluding hydrogens is 296 g/mol. The van der Waals surface area contributed by atoms with Crippen molar-refractivity contribution in [2.75, 3.05) is 11.9 Å². The number of rotatable bonds is 5. The number of anilines is 1. The van der Waals surface area contributed by atoms with Gasteiger partial charge in [-0.15, -0.1) is 0 Å². The lowest BCUT2D eigenvalue weighted by Crippen LogP contribution is -2.10. The van der Waals surface area contributed by atoms with Crippen LogP contribution in [0.1, 0.15) is 49.3 Å². The van der Waals surface area contributed by atoms with E-state index in [-0.39, 0.29) is 0 Å². The molecule has 24 heavy (non-hydrogen) atoms. The van der Waals surface area contributed by atoms with Crippen molar-refractivity contribution >= 4 is 22.5 Å². The van der Waals surface area contributed by atoms with Crippen molar-refractivity contribution in [3.8, 4) is 6.07 Å². The van der Waals surface area contributed by atoms with Gasteiger partial charge < -0.3 is 5.32 Å². The normalized spacial score (nSPS) is 13.3. The van der Waals surface area contributed by atoms with Crippen molar-refractivity contribution in [1.29, 1.82) is 5.26 Å². The summed E-state index contributed by atoms with van der Waals surface area (Å²) in [6.45, 7) is 3.19. The highest BCUT2D eigenvalue weighted by molar-refractivity contribution is 5.86. The van der Waals surface area contributed by atoms with Gasteiger partial charge >= 0.3 is 0 Å².